The lowest BCUT2D eigenvalue weighted by molar-refractivity contribution is 0.605. The van der Waals surface area contributed by atoms with E-state index in [4.69, 9.17) is 5.84 Å². The van der Waals surface area contributed by atoms with Gasteiger partial charge in [-0.15, -0.1) is 11.3 Å². The van der Waals surface area contributed by atoms with Crippen LogP contribution >= 0.6 is 11.3 Å². The number of hydrogen-bond donors (Lipinski definition) is 3. The first-order valence-corrected chi connectivity index (χ1v) is 6.41. The van der Waals surface area contributed by atoms with E-state index in [9.17, 15) is 0 Å². The number of aromatic nitrogens is 1. The largest absolute Gasteiger partial charge is 0.346 e. The molecule has 0 radical (unpaired) electrons. The van der Waals surface area contributed by atoms with Gasteiger partial charge in [0.25, 0.3) is 0 Å². The summed E-state index contributed by atoms with van der Waals surface area (Å²) in [5, 5.41) is 6.34. The molecule has 1 saturated carbocycles. The molecule has 0 spiro atoms. The summed E-state index contributed by atoms with van der Waals surface area (Å²) in [6.45, 7) is 2.12. The number of rotatable bonds is 4. The minimum Gasteiger partial charge on any atom is -0.346 e. The molecular weight excluding hydrogens is 222 g/mol. The molecule has 1 aliphatic carbocycles. The molecule has 0 aromatic carbocycles. The van der Waals surface area contributed by atoms with Gasteiger partial charge in [-0.25, -0.2) is 15.8 Å². The minimum absolute atomic E-state index is 0.188. The van der Waals surface area contributed by atoms with E-state index in [1.165, 1.54) is 12.8 Å². The third kappa shape index (κ3) is 2.93. The van der Waals surface area contributed by atoms with Crippen molar-refractivity contribution in [3.8, 4) is 0 Å². The molecule has 88 valence electrons. The molecule has 1 atom stereocenters. The van der Waals surface area contributed by atoms with Gasteiger partial charge >= 0.3 is 0 Å². The monoisotopic (exact) mass is 239 g/mol. The molecule has 5 nitrogen and oxygen atoms in total. The Balaban J connectivity index is 1.99. The Morgan fingerprint density at radius 2 is 2.56 bits per heavy atom. The molecule has 0 amide bonds. The Labute approximate surface area is 99.1 Å². The number of thiazole rings is 1. The second-order valence-corrected chi connectivity index (χ2v) is 4.75. The fourth-order valence-corrected chi connectivity index (χ4v) is 2.19. The number of guanidine groups is 1. The van der Waals surface area contributed by atoms with E-state index >= 15 is 0 Å². The maximum atomic E-state index is 5.44. The molecule has 1 fully saturated rings. The molecule has 6 heteroatoms. The third-order valence-corrected chi connectivity index (χ3v) is 3.35. The predicted octanol–water partition coefficient (Wildman–Crippen LogP) is 1.17. The molecule has 0 bridgehead atoms. The van der Waals surface area contributed by atoms with Crippen LogP contribution in [0.5, 0.6) is 0 Å². The Morgan fingerprint density at radius 1 is 1.75 bits per heavy atom. The predicted molar refractivity (Wildman–Crippen MR) is 66.1 cm³/mol. The van der Waals surface area contributed by atoms with Crippen molar-refractivity contribution in [2.45, 2.75) is 38.3 Å². The van der Waals surface area contributed by atoms with E-state index in [0.29, 0.717) is 12.0 Å². The highest BCUT2D eigenvalue weighted by Gasteiger charge is 2.22. The molecular formula is C10H17N5S. The molecule has 1 unspecified atom stereocenters. The lowest BCUT2D eigenvalue weighted by Crippen LogP contribution is -2.43. The summed E-state index contributed by atoms with van der Waals surface area (Å²) in [5.74, 6) is 6.12. The maximum absolute atomic E-state index is 5.44. The van der Waals surface area contributed by atoms with Crippen LogP contribution in [0.1, 0.15) is 37.2 Å². The molecule has 1 aromatic rings. The highest BCUT2D eigenvalue weighted by molar-refractivity contribution is 7.09. The van der Waals surface area contributed by atoms with Crippen LogP contribution in [0, 0.1) is 0 Å². The van der Waals surface area contributed by atoms with E-state index in [1.807, 2.05) is 11.6 Å². The van der Waals surface area contributed by atoms with Gasteiger partial charge in [-0.05, 0) is 19.3 Å². The Hall–Kier alpha value is -1.14. The Morgan fingerprint density at radius 3 is 3.06 bits per heavy atom. The van der Waals surface area contributed by atoms with Crippen LogP contribution in [0.25, 0.3) is 0 Å². The fourth-order valence-electron chi connectivity index (χ4n) is 1.41. The Bertz CT molecular complexity index is 344. The van der Waals surface area contributed by atoms with Crippen LogP contribution in [-0.2, 0) is 0 Å². The molecule has 1 aliphatic rings. The van der Waals surface area contributed by atoms with Crippen molar-refractivity contribution >= 4 is 17.3 Å². The zero-order valence-electron chi connectivity index (χ0n) is 9.31. The summed E-state index contributed by atoms with van der Waals surface area (Å²) in [5.41, 5.74) is 2.62. The van der Waals surface area contributed by atoms with E-state index in [-0.39, 0.29) is 6.04 Å². The summed E-state index contributed by atoms with van der Waals surface area (Å²) in [4.78, 5) is 8.75. The number of nitrogens with two attached hydrogens (primary N) is 1. The van der Waals surface area contributed by atoms with Gasteiger partial charge in [-0.3, -0.25) is 5.43 Å². The van der Waals surface area contributed by atoms with Gasteiger partial charge in [0.1, 0.15) is 5.01 Å². The zero-order chi connectivity index (χ0) is 11.4. The topological polar surface area (TPSA) is 75.3 Å². The summed E-state index contributed by atoms with van der Waals surface area (Å²) >= 11 is 1.65. The molecule has 1 heterocycles. The van der Waals surface area contributed by atoms with Crippen molar-refractivity contribution in [2.24, 2.45) is 10.8 Å². The molecule has 1 aromatic heterocycles. The number of hydrogen-bond acceptors (Lipinski definition) is 4. The van der Waals surface area contributed by atoms with Crippen LogP contribution < -0.4 is 16.6 Å². The first-order valence-electron chi connectivity index (χ1n) is 5.53. The van der Waals surface area contributed by atoms with Gasteiger partial charge in [-0.1, -0.05) is 6.92 Å². The summed E-state index contributed by atoms with van der Waals surface area (Å²) < 4.78 is 0. The van der Waals surface area contributed by atoms with E-state index in [1.54, 1.807) is 11.3 Å². The van der Waals surface area contributed by atoms with Crippen LogP contribution in [0.4, 0.5) is 0 Å². The first kappa shape index (κ1) is 11.3. The second-order valence-electron chi connectivity index (χ2n) is 3.83. The molecule has 16 heavy (non-hydrogen) atoms. The van der Waals surface area contributed by atoms with Crippen LogP contribution in [0.3, 0.4) is 0 Å². The quantitative estimate of drug-likeness (QED) is 0.319. The standard InChI is InChI=1S/C10H17N5S/c1-2-8(9-12-5-6-16-9)14-10(15-11)13-7-3-4-7/h5-8H,2-4,11H2,1H3,(H2,13,14,15). The summed E-state index contributed by atoms with van der Waals surface area (Å²) in [7, 11) is 0. The number of hydrazine groups is 1. The van der Waals surface area contributed by atoms with E-state index in [0.717, 1.165) is 11.4 Å². The highest BCUT2D eigenvalue weighted by Crippen LogP contribution is 2.24. The summed E-state index contributed by atoms with van der Waals surface area (Å²) in [6, 6.07) is 0.640. The van der Waals surface area contributed by atoms with Crippen molar-refractivity contribution in [3.63, 3.8) is 0 Å². The van der Waals surface area contributed by atoms with Gasteiger partial charge in [0.05, 0.1) is 12.1 Å². The van der Waals surface area contributed by atoms with Crippen molar-refractivity contribution in [1.82, 2.24) is 15.7 Å². The minimum atomic E-state index is 0.188. The summed E-state index contributed by atoms with van der Waals surface area (Å²) in [6.07, 6.45) is 5.11. The molecule has 0 aliphatic heterocycles. The molecule has 2 rings (SSSR count). The van der Waals surface area contributed by atoms with Crippen LogP contribution in [-0.4, -0.2) is 17.0 Å². The van der Waals surface area contributed by atoms with Crippen LogP contribution in [0.15, 0.2) is 16.6 Å². The molecule has 4 N–H and O–H groups in total. The van der Waals surface area contributed by atoms with Gasteiger partial charge in [0.15, 0.2) is 0 Å². The lowest BCUT2D eigenvalue weighted by atomic mass is 10.2. The highest BCUT2D eigenvalue weighted by atomic mass is 32.1. The number of nitrogens with one attached hydrogen (secondary N) is 2. The molecule has 0 saturated heterocycles. The zero-order valence-corrected chi connectivity index (χ0v) is 10.1. The lowest BCUT2D eigenvalue weighted by Gasteiger charge is -2.16. The van der Waals surface area contributed by atoms with Gasteiger partial charge < -0.3 is 5.32 Å². The Kier molecular flexibility index (Phi) is 3.74. The average molecular weight is 239 g/mol. The van der Waals surface area contributed by atoms with Gasteiger partial charge in [0, 0.05) is 11.6 Å². The van der Waals surface area contributed by atoms with Crippen molar-refractivity contribution < 1.29 is 0 Å². The first-order chi connectivity index (χ1) is 7.83. The fraction of sp³-hybridized carbons (Fsp3) is 0.600. The van der Waals surface area contributed by atoms with E-state index < -0.39 is 0 Å². The normalized spacial score (nSPS) is 18.2. The third-order valence-electron chi connectivity index (χ3n) is 2.46. The smallest absolute Gasteiger partial charge is 0.206 e. The second kappa shape index (κ2) is 5.27. The maximum Gasteiger partial charge on any atom is 0.206 e. The van der Waals surface area contributed by atoms with Crippen molar-refractivity contribution in [1.29, 1.82) is 0 Å². The number of aliphatic imine (C=N–C) groups is 1. The average Bonchev–Trinajstić information content (AvgIpc) is 2.95. The van der Waals surface area contributed by atoms with Crippen molar-refractivity contribution in [2.75, 3.05) is 0 Å². The van der Waals surface area contributed by atoms with Gasteiger partial charge in [-0.2, -0.15) is 0 Å². The van der Waals surface area contributed by atoms with Gasteiger partial charge in [0.2, 0.25) is 5.96 Å². The number of nitrogens with zero attached hydrogens (tertiary/aromatic N) is 2. The van der Waals surface area contributed by atoms with Crippen molar-refractivity contribution in [3.05, 3.63) is 16.6 Å². The van der Waals surface area contributed by atoms with E-state index in [2.05, 4.69) is 27.6 Å². The SMILES string of the molecule is CCC(NC(=NC1CC1)NN)c1nccs1. The van der Waals surface area contributed by atoms with Crippen LogP contribution in [0.2, 0.25) is 0 Å².